The van der Waals surface area contributed by atoms with E-state index in [0.29, 0.717) is 5.92 Å². The Morgan fingerprint density at radius 2 is 1.56 bits per heavy atom. The molecule has 3 aliphatic rings. The largest absolute Gasteiger partial charge is 0.358 e. The second-order valence-electron chi connectivity index (χ2n) is 10.2. The van der Waals surface area contributed by atoms with E-state index < -0.39 is 0 Å². The van der Waals surface area contributed by atoms with Crippen molar-refractivity contribution in [3.05, 3.63) is 137 Å². The molecule has 0 spiro atoms. The van der Waals surface area contributed by atoms with Crippen LogP contribution < -0.4 is 5.32 Å². The predicted octanol–water partition coefficient (Wildman–Crippen LogP) is 8.54. The van der Waals surface area contributed by atoms with Gasteiger partial charge in [-0.3, -0.25) is 0 Å². The van der Waals surface area contributed by atoms with Crippen LogP contribution in [0.4, 0.5) is 5.69 Å². The predicted molar refractivity (Wildman–Crippen MR) is 151 cm³/mol. The number of fused-ring (bicyclic) bond motifs is 8. The fourth-order valence-corrected chi connectivity index (χ4v) is 6.59. The number of hydrogen-bond acceptors (Lipinski definition) is 1. The molecule has 2 heteroatoms. The van der Waals surface area contributed by atoms with E-state index in [9.17, 15) is 0 Å². The molecule has 2 nitrogen and oxygen atoms in total. The van der Waals surface area contributed by atoms with Gasteiger partial charge in [0.25, 0.3) is 0 Å². The Bertz CT molecular complexity index is 1780. The minimum Gasteiger partial charge on any atom is -0.358 e. The molecule has 8 rings (SSSR count). The van der Waals surface area contributed by atoms with Crippen LogP contribution in [-0.4, -0.2) is 4.57 Å². The molecular weight excluding hydrogens is 436 g/mol. The van der Waals surface area contributed by atoms with Crippen molar-refractivity contribution in [2.45, 2.75) is 25.2 Å². The molecule has 1 unspecified atom stereocenters. The van der Waals surface area contributed by atoms with Gasteiger partial charge in [0.05, 0.1) is 5.52 Å². The van der Waals surface area contributed by atoms with Crippen LogP contribution in [0.5, 0.6) is 0 Å². The van der Waals surface area contributed by atoms with E-state index >= 15 is 0 Å². The molecule has 1 aliphatic heterocycles. The third-order valence-electron chi connectivity index (χ3n) is 8.25. The summed E-state index contributed by atoms with van der Waals surface area (Å²) in [7, 11) is 0. The van der Waals surface area contributed by atoms with Crippen molar-refractivity contribution in [3.63, 3.8) is 0 Å². The van der Waals surface area contributed by atoms with Gasteiger partial charge in [-0.05, 0) is 83.2 Å². The van der Waals surface area contributed by atoms with Crippen LogP contribution in [0.25, 0.3) is 33.4 Å². The summed E-state index contributed by atoms with van der Waals surface area (Å²) in [4.78, 5) is 0. The number of hydrogen-bond donors (Lipinski definition) is 1. The number of nitrogens with one attached hydrogen (secondary N) is 1. The monoisotopic (exact) mass is 462 g/mol. The molecule has 0 radical (unpaired) electrons. The fraction of sp³-hybridized carbons (Fsp3) is 0.118. The SMILES string of the molecule is C1=C(C2=CC=C3Nc4ccccc4C3C2)CCc2c1c1c3ccccc3ccc1n2-c1ccccc1. The van der Waals surface area contributed by atoms with Crippen LogP contribution in [0.1, 0.15) is 35.6 Å². The Morgan fingerprint density at radius 1 is 0.722 bits per heavy atom. The first-order valence-corrected chi connectivity index (χ1v) is 12.9. The van der Waals surface area contributed by atoms with Crippen LogP contribution in [-0.2, 0) is 6.42 Å². The summed E-state index contributed by atoms with van der Waals surface area (Å²) >= 11 is 0. The molecule has 172 valence electrons. The number of rotatable bonds is 2. The van der Waals surface area contributed by atoms with Gasteiger partial charge in [0.1, 0.15) is 0 Å². The quantitative estimate of drug-likeness (QED) is 0.278. The van der Waals surface area contributed by atoms with Gasteiger partial charge in [0.15, 0.2) is 0 Å². The summed E-state index contributed by atoms with van der Waals surface area (Å²) in [5.74, 6) is 0.440. The molecule has 0 fully saturated rings. The lowest BCUT2D eigenvalue weighted by Gasteiger charge is -2.24. The van der Waals surface area contributed by atoms with Crippen molar-refractivity contribution in [1.29, 1.82) is 0 Å². The standard InChI is InChI=1S/C34H26N2/c1-2-9-25(10-3-1)36-32-18-16-24(21-29(32)34-26-11-5-4-8-22(26)15-19-33(34)36)23-14-17-31-28(20-23)27-12-6-7-13-30(27)35-31/h1-15,17,19,21,28,35H,16,18,20H2. The minimum atomic E-state index is 0.440. The lowest BCUT2D eigenvalue weighted by Crippen LogP contribution is -2.10. The Labute approximate surface area is 210 Å². The van der Waals surface area contributed by atoms with Crippen LogP contribution in [0, 0.1) is 0 Å². The normalized spacial score (nSPS) is 18.1. The molecule has 2 aliphatic carbocycles. The summed E-state index contributed by atoms with van der Waals surface area (Å²) in [6.45, 7) is 0. The number of anilines is 1. The zero-order chi connectivity index (χ0) is 23.6. The summed E-state index contributed by atoms with van der Waals surface area (Å²) < 4.78 is 2.49. The number of nitrogens with zero attached hydrogens (tertiary/aromatic N) is 1. The maximum atomic E-state index is 3.64. The highest BCUT2D eigenvalue weighted by molar-refractivity contribution is 6.12. The van der Waals surface area contributed by atoms with Crippen LogP contribution in [0.2, 0.25) is 0 Å². The third-order valence-corrected chi connectivity index (χ3v) is 8.25. The van der Waals surface area contributed by atoms with E-state index in [1.807, 2.05) is 0 Å². The summed E-state index contributed by atoms with van der Waals surface area (Å²) in [6, 6.07) is 33.0. The lowest BCUT2D eigenvalue weighted by atomic mass is 9.81. The first-order valence-electron chi connectivity index (χ1n) is 12.9. The van der Waals surface area contributed by atoms with Gasteiger partial charge in [-0.15, -0.1) is 0 Å². The van der Waals surface area contributed by atoms with Gasteiger partial charge < -0.3 is 9.88 Å². The number of allylic oxidation sites excluding steroid dienone is 5. The van der Waals surface area contributed by atoms with E-state index in [1.54, 1.807) is 0 Å². The number of para-hydroxylation sites is 2. The van der Waals surface area contributed by atoms with Gasteiger partial charge in [0, 0.05) is 39.6 Å². The topological polar surface area (TPSA) is 17.0 Å². The number of benzene rings is 4. The minimum absolute atomic E-state index is 0.440. The van der Waals surface area contributed by atoms with E-state index in [2.05, 4.69) is 119 Å². The van der Waals surface area contributed by atoms with Gasteiger partial charge in [-0.25, -0.2) is 0 Å². The van der Waals surface area contributed by atoms with Crippen molar-refractivity contribution in [3.8, 4) is 5.69 Å². The van der Waals surface area contributed by atoms with Gasteiger partial charge in [0.2, 0.25) is 0 Å². The Balaban J connectivity index is 1.31. The highest BCUT2D eigenvalue weighted by atomic mass is 15.0. The molecule has 0 saturated carbocycles. The molecule has 1 N–H and O–H groups in total. The number of aromatic nitrogens is 1. The highest BCUT2D eigenvalue weighted by Gasteiger charge is 2.31. The average molecular weight is 463 g/mol. The Hall–Kier alpha value is -4.30. The second-order valence-corrected chi connectivity index (χ2v) is 10.2. The van der Waals surface area contributed by atoms with Crippen LogP contribution in [0.15, 0.2) is 120 Å². The molecule has 0 amide bonds. The molecule has 2 heterocycles. The molecule has 1 aromatic heterocycles. The van der Waals surface area contributed by atoms with Crippen LogP contribution in [0.3, 0.4) is 0 Å². The Morgan fingerprint density at radius 3 is 2.50 bits per heavy atom. The molecule has 5 aromatic rings. The summed E-state index contributed by atoms with van der Waals surface area (Å²) in [5.41, 5.74) is 12.4. The van der Waals surface area contributed by atoms with Crippen molar-refractivity contribution >= 4 is 33.4 Å². The highest BCUT2D eigenvalue weighted by Crippen LogP contribution is 2.47. The smallest absolute Gasteiger partial charge is 0.0544 e. The van der Waals surface area contributed by atoms with Crippen LogP contribution >= 0.6 is 0 Å². The molecular formula is C34H26N2. The lowest BCUT2D eigenvalue weighted by molar-refractivity contribution is 0.777. The zero-order valence-corrected chi connectivity index (χ0v) is 20.0. The van der Waals surface area contributed by atoms with Crippen molar-refractivity contribution < 1.29 is 0 Å². The Kier molecular flexibility index (Phi) is 4.21. The second kappa shape index (κ2) is 7.60. The van der Waals surface area contributed by atoms with Crippen molar-refractivity contribution in [2.75, 3.05) is 5.32 Å². The first-order chi connectivity index (χ1) is 17.8. The van der Waals surface area contributed by atoms with E-state index in [-0.39, 0.29) is 0 Å². The van der Waals surface area contributed by atoms with E-state index in [0.717, 1.165) is 19.3 Å². The maximum Gasteiger partial charge on any atom is 0.0544 e. The molecule has 1 atom stereocenters. The molecule has 0 bridgehead atoms. The summed E-state index contributed by atoms with van der Waals surface area (Å²) in [6.07, 6.45) is 10.4. The van der Waals surface area contributed by atoms with Crippen molar-refractivity contribution in [2.24, 2.45) is 0 Å². The first kappa shape index (κ1) is 19.9. The van der Waals surface area contributed by atoms with E-state index in [1.165, 1.54) is 66.7 Å². The average Bonchev–Trinajstić information content (AvgIpc) is 3.48. The van der Waals surface area contributed by atoms with Gasteiger partial charge in [-0.1, -0.05) is 72.8 Å². The molecule has 0 saturated heterocycles. The zero-order valence-electron chi connectivity index (χ0n) is 20.0. The van der Waals surface area contributed by atoms with Crippen molar-refractivity contribution in [1.82, 2.24) is 4.57 Å². The fourth-order valence-electron chi connectivity index (χ4n) is 6.59. The van der Waals surface area contributed by atoms with Gasteiger partial charge in [-0.2, -0.15) is 0 Å². The van der Waals surface area contributed by atoms with Gasteiger partial charge >= 0.3 is 0 Å². The molecule has 36 heavy (non-hydrogen) atoms. The molecule has 4 aromatic carbocycles. The van der Waals surface area contributed by atoms with E-state index in [4.69, 9.17) is 0 Å². The summed E-state index contributed by atoms with van der Waals surface area (Å²) in [5, 5.41) is 7.66. The maximum absolute atomic E-state index is 3.64. The third kappa shape index (κ3) is 2.85.